The van der Waals surface area contributed by atoms with E-state index in [9.17, 15) is 0 Å². The molecule has 0 aliphatic carbocycles. The zero-order chi connectivity index (χ0) is 18.2. The number of hydrogen-bond donors (Lipinski definition) is 0. The molecule has 9 heteroatoms. The smallest absolute Gasteiger partial charge is 0.160 e. The van der Waals surface area contributed by atoms with Crippen molar-refractivity contribution in [2.24, 2.45) is 0 Å². The first kappa shape index (κ1) is 17.7. The van der Waals surface area contributed by atoms with Gasteiger partial charge in [0.2, 0.25) is 0 Å². The van der Waals surface area contributed by atoms with Gasteiger partial charge in [0, 0.05) is 45.3 Å². The number of morpholine rings is 2. The van der Waals surface area contributed by atoms with Crippen molar-refractivity contribution >= 4 is 27.5 Å². The van der Waals surface area contributed by atoms with Crippen LogP contribution in [0.5, 0.6) is 0 Å². The summed E-state index contributed by atoms with van der Waals surface area (Å²) in [6, 6.07) is 0.675. The molecule has 0 amide bonds. The van der Waals surface area contributed by atoms with Crippen LogP contribution in [0.3, 0.4) is 0 Å². The minimum Gasteiger partial charge on any atom is -0.379 e. The van der Waals surface area contributed by atoms with Gasteiger partial charge >= 0.3 is 0 Å². The maximum absolute atomic E-state index is 5.48. The Bertz CT molecular complexity index is 796. The molecule has 0 spiro atoms. The van der Waals surface area contributed by atoms with Crippen molar-refractivity contribution in [1.29, 1.82) is 0 Å². The molecule has 5 rings (SSSR count). The van der Waals surface area contributed by atoms with Crippen LogP contribution in [0.25, 0.3) is 10.3 Å². The van der Waals surface area contributed by atoms with E-state index in [4.69, 9.17) is 19.4 Å². The molecule has 0 N–H and O–H groups in total. The van der Waals surface area contributed by atoms with Gasteiger partial charge in [-0.3, -0.25) is 9.80 Å². The van der Waals surface area contributed by atoms with E-state index in [2.05, 4.69) is 19.7 Å². The number of thiazole rings is 1. The highest BCUT2D eigenvalue weighted by Gasteiger charge is 2.33. The number of aromatic nitrogens is 3. The van der Waals surface area contributed by atoms with Gasteiger partial charge in [-0.1, -0.05) is 11.3 Å². The third kappa shape index (κ3) is 3.66. The predicted octanol–water partition coefficient (Wildman–Crippen LogP) is 0.748. The van der Waals surface area contributed by atoms with Crippen molar-refractivity contribution in [1.82, 2.24) is 24.8 Å². The lowest BCUT2D eigenvalue weighted by molar-refractivity contribution is -0.0344. The van der Waals surface area contributed by atoms with E-state index in [1.165, 1.54) is 0 Å². The van der Waals surface area contributed by atoms with Crippen LogP contribution >= 0.6 is 11.3 Å². The second-order valence-corrected chi connectivity index (χ2v) is 8.51. The number of rotatable bonds is 4. The summed E-state index contributed by atoms with van der Waals surface area (Å²) in [6.45, 7) is 12.2. The Morgan fingerprint density at radius 1 is 0.963 bits per heavy atom. The van der Waals surface area contributed by atoms with Gasteiger partial charge in [-0.05, 0) is 6.92 Å². The second-order valence-electron chi connectivity index (χ2n) is 7.45. The highest BCUT2D eigenvalue weighted by Crippen LogP contribution is 2.30. The van der Waals surface area contributed by atoms with Gasteiger partial charge in [0.25, 0.3) is 0 Å². The Balaban J connectivity index is 1.29. The SMILES string of the molecule is Cc1nc(N2CCOCC2)c2nc(CN3CC(N4CCOCC4)C3)sc2n1. The fourth-order valence-corrected chi connectivity index (χ4v) is 5.07. The number of fused-ring (bicyclic) bond motifs is 1. The average molecular weight is 391 g/mol. The monoisotopic (exact) mass is 390 g/mol. The van der Waals surface area contributed by atoms with Crippen LogP contribution in [0.1, 0.15) is 10.8 Å². The van der Waals surface area contributed by atoms with E-state index in [1.807, 2.05) is 6.92 Å². The van der Waals surface area contributed by atoms with E-state index in [0.29, 0.717) is 6.04 Å². The fourth-order valence-electron chi connectivity index (χ4n) is 4.05. The zero-order valence-corrected chi connectivity index (χ0v) is 16.6. The van der Waals surface area contributed by atoms with Gasteiger partial charge in [0.1, 0.15) is 21.2 Å². The summed E-state index contributed by atoms with van der Waals surface area (Å²) in [5, 5.41) is 1.14. The van der Waals surface area contributed by atoms with Crippen LogP contribution in [0.2, 0.25) is 0 Å². The van der Waals surface area contributed by atoms with Gasteiger partial charge in [-0.25, -0.2) is 15.0 Å². The highest BCUT2D eigenvalue weighted by atomic mass is 32.1. The molecule has 146 valence electrons. The summed E-state index contributed by atoms with van der Waals surface area (Å²) in [4.78, 5) is 22.6. The molecule has 2 aromatic heterocycles. The van der Waals surface area contributed by atoms with Gasteiger partial charge in [-0.2, -0.15) is 0 Å². The summed E-state index contributed by atoms with van der Waals surface area (Å²) in [7, 11) is 0. The molecule has 0 unspecified atom stereocenters. The largest absolute Gasteiger partial charge is 0.379 e. The molecule has 8 nitrogen and oxygen atoms in total. The van der Waals surface area contributed by atoms with Crippen LogP contribution in [-0.2, 0) is 16.0 Å². The molecule has 5 heterocycles. The molecule has 2 aromatic rings. The van der Waals surface area contributed by atoms with Crippen molar-refractivity contribution in [3.05, 3.63) is 10.8 Å². The summed E-state index contributed by atoms with van der Waals surface area (Å²) < 4.78 is 10.9. The lowest BCUT2D eigenvalue weighted by Crippen LogP contribution is -2.60. The van der Waals surface area contributed by atoms with Crippen molar-refractivity contribution in [2.75, 3.05) is 70.6 Å². The Morgan fingerprint density at radius 3 is 2.41 bits per heavy atom. The first-order valence-electron chi connectivity index (χ1n) is 9.77. The van der Waals surface area contributed by atoms with Crippen molar-refractivity contribution in [3.63, 3.8) is 0 Å². The summed E-state index contributed by atoms with van der Waals surface area (Å²) in [5.74, 6) is 1.79. The topological polar surface area (TPSA) is 66.9 Å². The molecule has 0 bridgehead atoms. The number of aryl methyl sites for hydroxylation is 1. The van der Waals surface area contributed by atoms with E-state index in [0.717, 1.165) is 99.2 Å². The second kappa shape index (κ2) is 7.56. The van der Waals surface area contributed by atoms with E-state index in [-0.39, 0.29) is 0 Å². The predicted molar refractivity (Wildman–Crippen MR) is 104 cm³/mol. The van der Waals surface area contributed by atoms with Gasteiger partial charge in [0.05, 0.1) is 33.0 Å². The highest BCUT2D eigenvalue weighted by molar-refractivity contribution is 7.18. The zero-order valence-electron chi connectivity index (χ0n) is 15.8. The number of hydrogen-bond acceptors (Lipinski definition) is 9. The van der Waals surface area contributed by atoms with Crippen LogP contribution in [-0.4, -0.2) is 96.5 Å². The van der Waals surface area contributed by atoms with Crippen LogP contribution in [0.4, 0.5) is 5.82 Å². The number of likely N-dealkylation sites (tertiary alicyclic amines) is 1. The first-order chi connectivity index (χ1) is 13.3. The summed E-state index contributed by atoms with van der Waals surface area (Å²) >= 11 is 1.71. The first-order valence-corrected chi connectivity index (χ1v) is 10.6. The third-order valence-electron chi connectivity index (χ3n) is 5.57. The summed E-state index contributed by atoms with van der Waals surface area (Å²) in [5.41, 5.74) is 0.952. The number of nitrogens with zero attached hydrogens (tertiary/aromatic N) is 6. The van der Waals surface area contributed by atoms with Gasteiger partial charge < -0.3 is 14.4 Å². The van der Waals surface area contributed by atoms with E-state index in [1.54, 1.807) is 11.3 Å². The van der Waals surface area contributed by atoms with Crippen molar-refractivity contribution < 1.29 is 9.47 Å². The molecule has 3 aliphatic rings. The Morgan fingerprint density at radius 2 is 1.67 bits per heavy atom. The molecule has 0 aromatic carbocycles. The minimum absolute atomic E-state index is 0.675. The molecular formula is C18H26N6O2S. The quantitative estimate of drug-likeness (QED) is 0.758. The Hall–Kier alpha value is -1.39. The minimum atomic E-state index is 0.675. The molecule has 27 heavy (non-hydrogen) atoms. The van der Waals surface area contributed by atoms with Crippen LogP contribution in [0.15, 0.2) is 0 Å². The van der Waals surface area contributed by atoms with Crippen molar-refractivity contribution in [3.8, 4) is 0 Å². The third-order valence-corrected chi connectivity index (χ3v) is 6.50. The lowest BCUT2D eigenvalue weighted by Gasteiger charge is -2.46. The van der Waals surface area contributed by atoms with Gasteiger partial charge in [-0.15, -0.1) is 0 Å². The fraction of sp³-hybridized carbons (Fsp3) is 0.722. The van der Waals surface area contributed by atoms with Crippen LogP contribution < -0.4 is 4.90 Å². The van der Waals surface area contributed by atoms with Crippen molar-refractivity contribution in [2.45, 2.75) is 19.5 Å². The molecule has 0 saturated carbocycles. The molecule has 0 radical (unpaired) electrons. The Labute approximate surface area is 163 Å². The average Bonchev–Trinajstić information content (AvgIpc) is 3.07. The maximum atomic E-state index is 5.48. The molecule has 3 fully saturated rings. The van der Waals surface area contributed by atoms with Crippen LogP contribution in [0, 0.1) is 6.92 Å². The Kier molecular flexibility index (Phi) is 4.95. The molecule has 0 atom stereocenters. The van der Waals surface area contributed by atoms with E-state index < -0.39 is 0 Å². The number of anilines is 1. The molecule has 3 aliphatic heterocycles. The maximum Gasteiger partial charge on any atom is 0.160 e. The number of ether oxygens (including phenoxy) is 2. The van der Waals surface area contributed by atoms with Gasteiger partial charge in [0.15, 0.2) is 5.82 Å². The molecule has 3 saturated heterocycles. The van der Waals surface area contributed by atoms with E-state index >= 15 is 0 Å². The molecular weight excluding hydrogens is 364 g/mol. The standard InChI is InChI=1S/C18H26N6O2S/c1-13-19-17(24-4-8-26-9-5-24)16-18(20-13)27-15(21-16)12-22-10-14(11-22)23-2-6-25-7-3-23/h14H,2-12H2,1H3. The normalized spacial score (nSPS) is 23.1. The lowest BCUT2D eigenvalue weighted by atomic mass is 10.1. The summed E-state index contributed by atoms with van der Waals surface area (Å²) in [6.07, 6.45) is 0.